The number of halogens is 1. The molecule has 1 aliphatic heterocycles. The third kappa shape index (κ3) is 3.83. The van der Waals surface area contributed by atoms with E-state index in [2.05, 4.69) is 7.05 Å². The average Bonchev–Trinajstić information content (AvgIpc) is 3.40. The smallest absolute Gasteiger partial charge is 0.338 e. The average molecular weight is 713 g/mol. The Balaban J connectivity index is 0.00000372. The van der Waals surface area contributed by atoms with Gasteiger partial charge in [0.25, 0.3) is 0 Å². The predicted octanol–water partition coefficient (Wildman–Crippen LogP) is -4.16. The number of carbonyl (C=O) groups excluding carboxylic acids is 2. The van der Waals surface area contributed by atoms with Crippen LogP contribution in [0.3, 0.4) is 0 Å². The molecule has 16 atom stereocenters. The van der Waals surface area contributed by atoms with Gasteiger partial charge >= 0.3 is 11.9 Å². The van der Waals surface area contributed by atoms with Crippen LogP contribution in [-0.4, -0.2) is 130 Å². The van der Waals surface area contributed by atoms with Crippen molar-refractivity contribution in [3.05, 3.63) is 35.9 Å². The molecule has 12 nitrogen and oxygen atoms in total. The number of likely N-dealkylation sites (tertiary alicyclic amines) is 1. The fraction of sp³-hybridized carbons (Fsp3) is 0.758. The molecule has 0 aromatic heterocycles. The summed E-state index contributed by atoms with van der Waals surface area (Å²) in [6.07, 6.45) is -5.38. The second kappa shape index (κ2) is 11.4. The van der Waals surface area contributed by atoms with Crippen molar-refractivity contribution < 1.29 is 75.2 Å². The lowest BCUT2D eigenvalue weighted by molar-refractivity contribution is -0.937. The standard InChI is InChI=1S/C33H45NO11.BrH/c1-16(35)45-33-21-18(13-31(39,28(43-6)26(33)37)27(21)44-29(38)17-10-8-7-9-11-17)32-20(41-4)12-19(36)30(15-40-3)14-34(2)25(32)22(33)23(42-5)24(30)32;/h7-11,18-28,36-37,39H,12-15H2,1-6H3;1H. The van der Waals surface area contributed by atoms with Gasteiger partial charge in [-0.3, -0.25) is 4.79 Å². The van der Waals surface area contributed by atoms with Gasteiger partial charge in [-0.15, -0.1) is 0 Å². The molecule has 256 valence electrons. The number of aliphatic hydroxyl groups is 3. The number of ether oxygens (including phenoxy) is 6. The first-order chi connectivity index (χ1) is 21.4. The van der Waals surface area contributed by atoms with Crippen LogP contribution in [-0.2, 0) is 33.2 Å². The zero-order valence-electron chi connectivity index (χ0n) is 27.1. The van der Waals surface area contributed by atoms with E-state index in [-0.39, 0.29) is 42.0 Å². The van der Waals surface area contributed by atoms with Gasteiger partial charge in [0.2, 0.25) is 0 Å². The number of benzene rings is 1. The topological polar surface area (TPSA) is 155 Å². The van der Waals surface area contributed by atoms with Crippen molar-refractivity contribution in [1.29, 1.82) is 0 Å². The van der Waals surface area contributed by atoms with E-state index in [4.69, 9.17) is 28.4 Å². The molecule has 46 heavy (non-hydrogen) atoms. The first-order valence-corrected chi connectivity index (χ1v) is 15.9. The molecule has 1 aromatic carbocycles. The molecule has 1 spiro atoms. The maximum Gasteiger partial charge on any atom is 0.338 e. The fourth-order valence-electron chi connectivity index (χ4n) is 12.4. The van der Waals surface area contributed by atoms with E-state index in [1.807, 2.05) is 0 Å². The van der Waals surface area contributed by atoms with Crippen molar-refractivity contribution >= 4 is 11.9 Å². The Morgan fingerprint density at radius 1 is 1.00 bits per heavy atom. The summed E-state index contributed by atoms with van der Waals surface area (Å²) in [5.41, 5.74) is -4.68. The van der Waals surface area contributed by atoms with Crippen molar-refractivity contribution in [2.75, 3.05) is 48.6 Å². The number of methoxy groups -OCH3 is 4. The van der Waals surface area contributed by atoms with Crippen LogP contribution in [0.1, 0.15) is 30.1 Å². The highest BCUT2D eigenvalue weighted by molar-refractivity contribution is 5.89. The molecule has 6 fully saturated rings. The Kier molecular flexibility index (Phi) is 8.51. The number of nitrogens with one attached hydrogen (secondary N) is 1. The lowest BCUT2D eigenvalue weighted by Crippen LogP contribution is -3.20. The van der Waals surface area contributed by atoms with E-state index in [1.54, 1.807) is 51.7 Å². The molecule has 1 saturated heterocycles. The molecule has 6 aliphatic rings. The van der Waals surface area contributed by atoms with Crippen LogP contribution in [0.4, 0.5) is 0 Å². The minimum absolute atomic E-state index is 0. The van der Waals surface area contributed by atoms with Gasteiger partial charge in [-0.25, -0.2) is 4.79 Å². The molecule has 7 bridgehead atoms. The van der Waals surface area contributed by atoms with E-state index in [9.17, 15) is 24.9 Å². The molecule has 5 saturated carbocycles. The van der Waals surface area contributed by atoms with Gasteiger partial charge in [0.05, 0.1) is 60.8 Å². The van der Waals surface area contributed by atoms with E-state index in [0.29, 0.717) is 18.5 Å². The summed E-state index contributed by atoms with van der Waals surface area (Å²) in [5.74, 6) is -3.56. The maximum atomic E-state index is 13.7. The van der Waals surface area contributed by atoms with E-state index in [0.717, 1.165) is 4.90 Å². The minimum Gasteiger partial charge on any atom is -1.00 e. The number of esters is 2. The van der Waals surface area contributed by atoms with Gasteiger partial charge in [0.1, 0.15) is 30.0 Å². The third-order valence-corrected chi connectivity index (χ3v) is 13.0. The van der Waals surface area contributed by atoms with Crippen LogP contribution in [0, 0.1) is 34.5 Å². The van der Waals surface area contributed by atoms with Gasteiger partial charge in [0.15, 0.2) is 5.60 Å². The quantitative estimate of drug-likeness (QED) is 0.194. The highest BCUT2D eigenvalue weighted by atomic mass is 79.9. The Morgan fingerprint density at radius 3 is 2.28 bits per heavy atom. The lowest BCUT2D eigenvalue weighted by Gasteiger charge is -2.68. The van der Waals surface area contributed by atoms with Crippen LogP contribution in [0.2, 0.25) is 0 Å². The molecule has 1 heterocycles. The summed E-state index contributed by atoms with van der Waals surface area (Å²) in [6, 6.07) is 8.25. The van der Waals surface area contributed by atoms with Crippen molar-refractivity contribution in [2.45, 2.75) is 73.6 Å². The Morgan fingerprint density at radius 2 is 1.70 bits per heavy atom. The summed E-state index contributed by atoms with van der Waals surface area (Å²) in [7, 11) is 8.32. The lowest BCUT2D eigenvalue weighted by atomic mass is 9.42. The second-order valence-electron chi connectivity index (χ2n) is 14.4. The molecule has 13 heteroatoms. The first kappa shape index (κ1) is 34.2. The van der Waals surface area contributed by atoms with Gasteiger partial charge in [-0.2, -0.15) is 0 Å². The minimum atomic E-state index is -1.82. The number of quaternary nitrogens is 1. The Hall–Kier alpha value is -1.68. The summed E-state index contributed by atoms with van der Waals surface area (Å²) in [5, 5.41) is 37.1. The third-order valence-electron chi connectivity index (χ3n) is 13.0. The number of rotatable bonds is 8. The largest absolute Gasteiger partial charge is 1.00 e. The molecule has 0 amide bonds. The van der Waals surface area contributed by atoms with Crippen molar-refractivity contribution in [3.8, 4) is 0 Å². The predicted molar refractivity (Wildman–Crippen MR) is 155 cm³/mol. The van der Waals surface area contributed by atoms with Crippen LogP contribution in [0.25, 0.3) is 0 Å². The summed E-state index contributed by atoms with van der Waals surface area (Å²) in [6.45, 7) is 2.11. The SMILES string of the molecule is COCC12C[NH+](C)C3C4C(OC)C1C3(C(OC)CC2O)C1CC2(O)C(OC)C(O)C4(OC(C)=O)C1C2OC(=O)c1ccccc1.[Br-]. The number of hydrogen-bond acceptors (Lipinski definition) is 11. The monoisotopic (exact) mass is 711 g/mol. The highest BCUT2D eigenvalue weighted by Gasteiger charge is 2.93. The van der Waals surface area contributed by atoms with Crippen LogP contribution < -0.4 is 21.9 Å². The molecular weight excluding hydrogens is 666 g/mol. The van der Waals surface area contributed by atoms with Crippen LogP contribution in [0.5, 0.6) is 0 Å². The van der Waals surface area contributed by atoms with Crippen LogP contribution >= 0.6 is 0 Å². The molecule has 1 aromatic rings. The Labute approximate surface area is 279 Å². The van der Waals surface area contributed by atoms with Gasteiger partial charge in [-0.05, 0) is 24.5 Å². The highest BCUT2D eigenvalue weighted by Crippen LogP contribution is 2.78. The number of aliphatic hydroxyl groups excluding tert-OH is 2. The number of piperidine rings is 1. The molecular formula is C33H46BrNO11. The number of fused-ring (bicyclic) bond motifs is 2. The molecule has 5 aliphatic carbocycles. The second-order valence-corrected chi connectivity index (χ2v) is 14.4. The van der Waals surface area contributed by atoms with Gasteiger partial charge in [0, 0.05) is 53.6 Å². The molecule has 7 rings (SSSR count). The zero-order valence-corrected chi connectivity index (χ0v) is 28.6. The summed E-state index contributed by atoms with van der Waals surface area (Å²) >= 11 is 0. The van der Waals surface area contributed by atoms with E-state index < -0.39 is 88.3 Å². The van der Waals surface area contributed by atoms with Gasteiger partial charge < -0.3 is 65.6 Å². The van der Waals surface area contributed by atoms with E-state index in [1.165, 1.54) is 14.0 Å². The number of carbonyl (C=O) groups is 2. The molecule has 0 radical (unpaired) electrons. The zero-order chi connectivity index (χ0) is 32.3. The van der Waals surface area contributed by atoms with Crippen LogP contribution in [0.15, 0.2) is 30.3 Å². The summed E-state index contributed by atoms with van der Waals surface area (Å²) < 4.78 is 37.2. The molecule has 16 unspecified atom stereocenters. The van der Waals surface area contributed by atoms with Gasteiger partial charge in [-0.1, -0.05) is 18.2 Å². The van der Waals surface area contributed by atoms with Crippen molar-refractivity contribution in [2.24, 2.45) is 34.5 Å². The fourth-order valence-corrected chi connectivity index (χ4v) is 12.4. The number of hydrogen-bond donors (Lipinski definition) is 4. The summed E-state index contributed by atoms with van der Waals surface area (Å²) in [4.78, 5) is 28.0. The van der Waals surface area contributed by atoms with Crippen molar-refractivity contribution in [1.82, 2.24) is 0 Å². The Bertz CT molecular complexity index is 1350. The first-order valence-electron chi connectivity index (χ1n) is 15.9. The maximum absolute atomic E-state index is 13.7. The van der Waals surface area contributed by atoms with Crippen molar-refractivity contribution in [3.63, 3.8) is 0 Å². The van der Waals surface area contributed by atoms with E-state index >= 15 is 0 Å². The molecule has 4 N–H and O–H groups in total. The normalized spacial score (nSPS) is 50.8.